The summed E-state index contributed by atoms with van der Waals surface area (Å²) >= 11 is 0. The second-order valence-corrected chi connectivity index (χ2v) is 5.43. The van der Waals surface area contributed by atoms with Crippen LogP contribution in [0.5, 0.6) is 0 Å². The number of fused-ring (bicyclic) bond motifs is 1. The number of hydrogen-bond acceptors (Lipinski definition) is 5. The summed E-state index contributed by atoms with van der Waals surface area (Å²) in [5.41, 5.74) is 0.684. The molecule has 0 radical (unpaired) electrons. The lowest BCUT2D eigenvalue weighted by molar-refractivity contribution is -0.00934. The third-order valence-corrected chi connectivity index (χ3v) is 4.19. The van der Waals surface area contributed by atoms with Crippen molar-refractivity contribution < 1.29 is 14.6 Å². The number of ether oxygens (including phenoxy) is 1. The lowest BCUT2D eigenvalue weighted by atomic mass is 9.90. The maximum Gasteiger partial charge on any atom is 0.339 e. The molecule has 1 aromatic heterocycles. The Hall–Kier alpha value is -1.69. The number of aromatic nitrogens is 2. The first-order chi connectivity index (χ1) is 9.66. The van der Waals surface area contributed by atoms with Gasteiger partial charge in [-0.1, -0.05) is 12.8 Å². The van der Waals surface area contributed by atoms with Crippen LogP contribution < -0.4 is 4.90 Å². The van der Waals surface area contributed by atoms with Crippen LogP contribution in [0.15, 0.2) is 6.20 Å². The Morgan fingerprint density at radius 2 is 2.25 bits per heavy atom. The minimum absolute atomic E-state index is 0.169. The van der Waals surface area contributed by atoms with Crippen LogP contribution in [0.25, 0.3) is 0 Å². The van der Waals surface area contributed by atoms with Crippen molar-refractivity contribution in [2.45, 2.75) is 44.8 Å². The van der Waals surface area contributed by atoms with Gasteiger partial charge >= 0.3 is 5.97 Å². The van der Waals surface area contributed by atoms with E-state index < -0.39 is 5.97 Å². The van der Waals surface area contributed by atoms with E-state index in [2.05, 4.69) is 14.9 Å². The summed E-state index contributed by atoms with van der Waals surface area (Å²) in [5, 5.41) is 9.04. The number of carboxylic acids is 1. The maximum atomic E-state index is 11.0. The molecule has 1 aliphatic carbocycles. The average Bonchev–Trinajstić information content (AvgIpc) is 2.46. The van der Waals surface area contributed by atoms with E-state index in [1.165, 1.54) is 19.0 Å². The zero-order valence-electron chi connectivity index (χ0n) is 11.6. The molecule has 1 N–H and O–H groups in total. The van der Waals surface area contributed by atoms with Gasteiger partial charge in [-0.3, -0.25) is 0 Å². The number of nitrogens with zero attached hydrogens (tertiary/aromatic N) is 3. The number of morpholine rings is 1. The maximum absolute atomic E-state index is 11.0. The van der Waals surface area contributed by atoms with E-state index in [0.717, 1.165) is 19.4 Å². The fourth-order valence-electron chi connectivity index (χ4n) is 3.15. The molecular formula is C14H19N3O3. The lowest BCUT2D eigenvalue weighted by Crippen LogP contribution is -2.53. The van der Waals surface area contributed by atoms with Gasteiger partial charge in [-0.15, -0.1) is 0 Å². The van der Waals surface area contributed by atoms with Gasteiger partial charge < -0.3 is 14.7 Å². The Kier molecular flexibility index (Phi) is 3.56. The summed E-state index contributed by atoms with van der Waals surface area (Å²) in [6, 6.07) is 0.326. The molecule has 1 aromatic rings. The lowest BCUT2D eigenvalue weighted by Gasteiger charge is -2.43. The zero-order valence-corrected chi connectivity index (χ0v) is 11.6. The average molecular weight is 277 g/mol. The summed E-state index contributed by atoms with van der Waals surface area (Å²) in [5.74, 6) is -0.348. The molecule has 6 heteroatoms. The molecule has 0 aromatic carbocycles. The molecule has 1 saturated carbocycles. The van der Waals surface area contributed by atoms with E-state index in [4.69, 9.17) is 9.84 Å². The largest absolute Gasteiger partial charge is 0.478 e. The van der Waals surface area contributed by atoms with Gasteiger partial charge in [0, 0.05) is 12.7 Å². The van der Waals surface area contributed by atoms with Gasteiger partial charge in [0.15, 0.2) is 0 Å². The van der Waals surface area contributed by atoms with Crippen molar-refractivity contribution in [3.63, 3.8) is 0 Å². The standard InChI is InChI=1S/C14H19N3O3/c1-9-10(13(18)19)8-15-14(16-9)17-6-7-20-12-5-3-2-4-11(12)17/h8,11-12H,2-7H2,1H3,(H,18,19). The molecule has 1 aliphatic heterocycles. The normalized spacial score (nSPS) is 26.1. The van der Waals surface area contributed by atoms with Crippen molar-refractivity contribution >= 4 is 11.9 Å². The van der Waals surface area contributed by atoms with Crippen molar-refractivity contribution in [3.8, 4) is 0 Å². The minimum atomic E-state index is -0.980. The van der Waals surface area contributed by atoms with Crippen molar-refractivity contribution in [1.29, 1.82) is 0 Å². The van der Waals surface area contributed by atoms with Crippen LogP contribution in [0, 0.1) is 6.92 Å². The number of anilines is 1. The molecule has 0 bridgehead atoms. The number of carbonyl (C=O) groups is 1. The molecule has 6 nitrogen and oxygen atoms in total. The van der Waals surface area contributed by atoms with E-state index in [0.29, 0.717) is 24.3 Å². The quantitative estimate of drug-likeness (QED) is 0.885. The molecule has 2 heterocycles. The second-order valence-electron chi connectivity index (χ2n) is 5.43. The molecule has 0 amide bonds. The van der Waals surface area contributed by atoms with Crippen molar-refractivity contribution in [2.75, 3.05) is 18.1 Å². The van der Waals surface area contributed by atoms with Crippen LogP contribution in [0.3, 0.4) is 0 Å². The van der Waals surface area contributed by atoms with Gasteiger partial charge in [0.2, 0.25) is 5.95 Å². The van der Waals surface area contributed by atoms with Gasteiger partial charge in [-0.2, -0.15) is 0 Å². The van der Waals surface area contributed by atoms with Crippen LogP contribution in [0.1, 0.15) is 41.7 Å². The highest BCUT2D eigenvalue weighted by molar-refractivity contribution is 5.88. The van der Waals surface area contributed by atoms with Gasteiger partial charge in [-0.25, -0.2) is 14.8 Å². The topological polar surface area (TPSA) is 75.5 Å². The van der Waals surface area contributed by atoms with Crippen LogP contribution >= 0.6 is 0 Å². The Labute approximate surface area is 117 Å². The molecular weight excluding hydrogens is 258 g/mol. The van der Waals surface area contributed by atoms with E-state index >= 15 is 0 Å². The smallest absolute Gasteiger partial charge is 0.339 e. The Morgan fingerprint density at radius 1 is 1.45 bits per heavy atom. The highest BCUT2D eigenvalue weighted by Crippen LogP contribution is 2.30. The Bertz CT molecular complexity index is 518. The number of aromatic carboxylic acids is 1. The molecule has 108 valence electrons. The minimum Gasteiger partial charge on any atom is -0.478 e. The number of carboxylic acid groups (broad SMARTS) is 1. The van der Waals surface area contributed by atoms with E-state index in [-0.39, 0.29) is 11.7 Å². The highest BCUT2D eigenvalue weighted by Gasteiger charge is 2.35. The first-order valence-corrected chi connectivity index (χ1v) is 7.12. The summed E-state index contributed by atoms with van der Waals surface area (Å²) < 4.78 is 5.83. The van der Waals surface area contributed by atoms with E-state index in [1.807, 2.05) is 0 Å². The van der Waals surface area contributed by atoms with Crippen LogP contribution in [-0.2, 0) is 4.74 Å². The molecule has 3 rings (SSSR count). The SMILES string of the molecule is Cc1nc(N2CCOC3CCCCC32)ncc1C(=O)O. The predicted molar refractivity (Wildman–Crippen MR) is 73.1 cm³/mol. The van der Waals surface area contributed by atoms with E-state index in [1.54, 1.807) is 6.92 Å². The zero-order chi connectivity index (χ0) is 14.1. The van der Waals surface area contributed by atoms with Crippen LogP contribution in [0.2, 0.25) is 0 Å². The molecule has 2 fully saturated rings. The number of hydrogen-bond donors (Lipinski definition) is 1. The first kappa shape index (κ1) is 13.3. The first-order valence-electron chi connectivity index (χ1n) is 7.12. The van der Waals surface area contributed by atoms with Gasteiger partial charge in [0.1, 0.15) is 0 Å². The molecule has 1 saturated heterocycles. The Balaban J connectivity index is 1.87. The van der Waals surface area contributed by atoms with Crippen molar-refractivity contribution in [3.05, 3.63) is 17.5 Å². The van der Waals surface area contributed by atoms with Crippen molar-refractivity contribution in [1.82, 2.24) is 9.97 Å². The van der Waals surface area contributed by atoms with Gasteiger partial charge in [0.05, 0.1) is 30.0 Å². The van der Waals surface area contributed by atoms with Crippen LogP contribution in [0.4, 0.5) is 5.95 Å². The summed E-state index contributed by atoms with van der Waals surface area (Å²) in [6.07, 6.45) is 6.27. The third kappa shape index (κ3) is 2.35. The molecule has 20 heavy (non-hydrogen) atoms. The molecule has 0 spiro atoms. The van der Waals surface area contributed by atoms with E-state index in [9.17, 15) is 4.79 Å². The molecule has 2 atom stereocenters. The summed E-state index contributed by atoms with van der Waals surface area (Å²) in [7, 11) is 0. The number of rotatable bonds is 2. The van der Waals surface area contributed by atoms with Gasteiger partial charge in [-0.05, 0) is 19.8 Å². The van der Waals surface area contributed by atoms with Crippen molar-refractivity contribution in [2.24, 2.45) is 0 Å². The van der Waals surface area contributed by atoms with Gasteiger partial charge in [0.25, 0.3) is 0 Å². The molecule has 2 unspecified atom stereocenters. The predicted octanol–water partition coefficient (Wildman–Crippen LogP) is 1.63. The summed E-state index contributed by atoms with van der Waals surface area (Å²) in [6.45, 7) is 3.17. The van der Waals surface area contributed by atoms with Crippen LogP contribution in [-0.4, -0.2) is 46.3 Å². The summed E-state index contributed by atoms with van der Waals surface area (Å²) in [4.78, 5) is 21.9. The molecule has 2 aliphatic rings. The monoisotopic (exact) mass is 277 g/mol. The highest BCUT2D eigenvalue weighted by atomic mass is 16.5. The second kappa shape index (κ2) is 5.36. The Morgan fingerprint density at radius 3 is 3.00 bits per heavy atom. The number of aryl methyl sites for hydroxylation is 1. The fraction of sp³-hybridized carbons (Fsp3) is 0.643. The fourth-order valence-corrected chi connectivity index (χ4v) is 3.15. The third-order valence-electron chi connectivity index (χ3n) is 4.19.